The van der Waals surface area contributed by atoms with Crippen molar-refractivity contribution in [2.24, 2.45) is 0 Å². The van der Waals surface area contributed by atoms with Gasteiger partial charge in [0.2, 0.25) is 10.0 Å². The molecule has 3 heterocycles. The van der Waals surface area contributed by atoms with Crippen molar-refractivity contribution in [2.45, 2.75) is 44.4 Å². The van der Waals surface area contributed by atoms with E-state index in [-0.39, 0.29) is 18.3 Å². The van der Waals surface area contributed by atoms with Crippen molar-refractivity contribution in [1.82, 2.24) is 14.1 Å². The Morgan fingerprint density at radius 3 is 2.86 bits per heavy atom. The summed E-state index contributed by atoms with van der Waals surface area (Å²) in [5.41, 5.74) is 8.73. The largest absolute Gasteiger partial charge is 0.385 e. The lowest BCUT2D eigenvalue weighted by Gasteiger charge is -2.27. The van der Waals surface area contributed by atoms with Gasteiger partial charge in [0.25, 0.3) is 5.91 Å². The average molecular weight is 421 g/mol. The second-order valence-electron chi connectivity index (χ2n) is 7.74. The SMILES string of the molecule is CC(C)S(=O)(=O)N1CCc2c(nn(C(=O)C3CCNc4ccc(F)cc43)c2N)C1. The number of sulfonamides is 1. The van der Waals surface area contributed by atoms with Crippen molar-refractivity contribution in [3.05, 3.63) is 40.8 Å². The van der Waals surface area contributed by atoms with Gasteiger partial charge >= 0.3 is 0 Å². The highest BCUT2D eigenvalue weighted by molar-refractivity contribution is 7.89. The number of hydrogen-bond donors (Lipinski definition) is 2. The predicted molar refractivity (Wildman–Crippen MR) is 108 cm³/mol. The summed E-state index contributed by atoms with van der Waals surface area (Å²) >= 11 is 0. The molecule has 3 N–H and O–H groups in total. The molecule has 1 unspecified atom stereocenters. The molecule has 1 atom stereocenters. The van der Waals surface area contributed by atoms with Crippen LogP contribution in [0.3, 0.4) is 0 Å². The minimum absolute atomic E-state index is 0.0950. The summed E-state index contributed by atoms with van der Waals surface area (Å²) in [7, 11) is -3.42. The van der Waals surface area contributed by atoms with Crippen molar-refractivity contribution < 1.29 is 17.6 Å². The van der Waals surface area contributed by atoms with Gasteiger partial charge in [0.1, 0.15) is 11.6 Å². The van der Waals surface area contributed by atoms with Crippen molar-refractivity contribution in [3.63, 3.8) is 0 Å². The fourth-order valence-electron chi connectivity index (χ4n) is 3.97. The number of benzene rings is 1. The molecule has 8 nitrogen and oxygen atoms in total. The highest BCUT2D eigenvalue weighted by Gasteiger charge is 2.35. The van der Waals surface area contributed by atoms with E-state index in [1.165, 1.54) is 21.1 Å². The molecule has 0 saturated heterocycles. The highest BCUT2D eigenvalue weighted by atomic mass is 32.2. The van der Waals surface area contributed by atoms with Crippen molar-refractivity contribution in [2.75, 3.05) is 24.1 Å². The van der Waals surface area contributed by atoms with Gasteiger partial charge in [-0.1, -0.05) is 0 Å². The third kappa shape index (κ3) is 3.29. The zero-order valence-corrected chi connectivity index (χ0v) is 17.2. The van der Waals surface area contributed by atoms with Crippen LogP contribution in [-0.4, -0.2) is 46.8 Å². The number of carbonyl (C=O) groups excluding carboxylic acids is 1. The van der Waals surface area contributed by atoms with Gasteiger partial charge in [0.05, 0.1) is 23.4 Å². The van der Waals surface area contributed by atoms with Gasteiger partial charge < -0.3 is 11.1 Å². The molecular formula is C19H24FN5O3S. The number of rotatable bonds is 3. The fraction of sp³-hybridized carbons (Fsp3) is 0.474. The molecule has 10 heteroatoms. The molecular weight excluding hydrogens is 397 g/mol. The molecule has 0 spiro atoms. The standard InChI is InChI=1S/C19H24FN5O3S/c1-11(2)29(27,28)24-8-6-14-17(10-24)23-25(18(14)21)19(26)13-5-7-22-16-4-3-12(20)9-15(13)16/h3-4,9,11,13,22H,5-8,10,21H2,1-2H3. The topological polar surface area (TPSA) is 110 Å². The van der Waals surface area contributed by atoms with E-state index in [0.29, 0.717) is 42.8 Å². The van der Waals surface area contributed by atoms with Crippen molar-refractivity contribution in [3.8, 4) is 0 Å². The zero-order chi connectivity index (χ0) is 20.9. The van der Waals surface area contributed by atoms with Gasteiger partial charge in [-0.2, -0.15) is 14.1 Å². The highest BCUT2D eigenvalue weighted by Crippen LogP contribution is 2.35. The summed E-state index contributed by atoms with van der Waals surface area (Å²) in [5, 5.41) is 7.00. The Hall–Kier alpha value is -2.46. The Morgan fingerprint density at radius 2 is 2.14 bits per heavy atom. The number of nitrogens with two attached hydrogens (primary N) is 1. The quantitative estimate of drug-likeness (QED) is 0.784. The molecule has 0 aliphatic carbocycles. The van der Waals surface area contributed by atoms with Gasteiger partial charge in [-0.05, 0) is 50.5 Å². The lowest BCUT2D eigenvalue weighted by Crippen LogP contribution is -2.39. The van der Waals surface area contributed by atoms with Gasteiger partial charge in [0.15, 0.2) is 0 Å². The third-order valence-electron chi connectivity index (χ3n) is 5.64. The molecule has 156 valence electrons. The van der Waals surface area contributed by atoms with Crippen molar-refractivity contribution in [1.29, 1.82) is 0 Å². The molecule has 0 saturated carbocycles. The number of fused-ring (bicyclic) bond motifs is 2. The monoisotopic (exact) mass is 421 g/mol. The maximum absolute atomic E-state index is 13.8. The first-order valence-electron chi connectivity index (χ1n) is 9.63. The molecule has 0 radical (unpaired) electrons. The Bertz CT molecular complexity index is 1080. The Balaban J connectivity index is 1.67. The van der Waals surface area contributed by atoms with E-state index < -0.39 is 27.0 Å². The summed E-state index contributed by atoms with van der Waals surface area (Å²) in [4.78, 5) is 13.2. The van der Waals surface area contributed by atoms with Crippen molar-refractivity contribution >= 4 is 27.4 Å². The van der Waals surface area contributed by atoms with E-state index in [9.17, 15) is 17.6 Å². The Kier molecular flexibility index (Phi) is 4.86. The van der Waals surface area contributed by atoms with E-state index >= 15 is 0 Å². The molecule has 2 aromatic rings. The number of halogens is 1. The van der Waals surface area contributed by atoms with Crippen LogP contribution in [0, 0.1) is 5.82 Å². The van der Waals surface area contributed by atoms with Crippen LogP contribution in [0.4, 0.5) is 15.9 Å². The fourth-order valence-corrected chi connectivity index (χ4v) is 5.21. The van der Waals surface area contributed by atoms with Gasteiger partial charge in [-0.3, -0.25) is 4.79 Å². The van der Waals surface area contributed by atoms with Crippen LogP contribution < -0.4 is 11.1 Å². The van der Waals surface area contributed by atoms with E-state index in [2.05, 4.69) is 10.4 Å². The normalized spacial score (nSPS) is 19.5. The lowest BCUT2D eigenvalue weighted by molar-refractivity contribution is 0.0859. The number of carbonyl (C=O) groups is 1. The number of nitrogen functional groups attached to an aromatic ring is 1. The van der Waals surface area contributed by atoms with Gasteiger partial charge in [-0.15, -0.1) is 0 Å². The number of hydrogen-bond acceptors (Lipinski definition) is 6. The van der Waals surface area contributed by atoms with E-state index in [1.54, 1.807) is 19.9 Å². The first kappa shape index (κ1) is 19.8. The Morgan fingerprint density at radius 1 is 1.38 bits per heavy atom. The first-order chi connectivity index (χ1) is 13.7. The predicted octanol–water partition coefficient (Wildman–Crippen LogP) is 1.94. The molecule has 1 aromatic carbocycles. The number of nitrogens with one attached hydrogen (secondary N) is 1. The van der Waals surface area contributed by atoms with E-state index in [1.807, 2.05) is 0 Å². The summed E-state index contributed by atoms with van der Waals surface area (Å²) in [6.45, 7) is 4.25. The number of aromatic nitrogens is 2. The van der Waals surface area contributed by atoms with Crippen LogP contribution in [0.1, 0.15) is 47.8 Å². The maximum atomic E-state index is 13.8. The minimum atomic E-state index is -3.42. The van der Waals surface area contributed by atoms with Crippen LogP contribution in [0.15, 0.2) is 18.2 Å². The minimum Gasteiger partial charge on any atom is -0.385 e. The smallest absolute Gasteiger partial charge is 0.256 e. The molecule has 2 aliphatic rings. The van der Waals surface area contributed by atoms with E-state index in [0.717, 1.165) is 5.69 Å². The summed E-state index contributed by atoms with van der Waals surface area (Å²) in [6, 6.07) is 4.33. The zero-order valence-electron chi connectivity index (χ0n) is 16.4. The summed E-state index contributed by atoms with van der Waals surface area (Å²) in [6.07, 6.45) is 0.894. The first-order valence-corrected chi connectivity index (χ1v) is 11.1. The Labute approximate surface area is 168 Å². The molecule has 1 aromatic heterocycles. The second-order valence-corrected chi connectivity index (χ2v) is 10.2. The molecule has 2 aliphatic heterocycles. The van der Waals surface area contributed by atoms with E-state index in [4.69, 9.17) is 5.73 Å². The van der Waals surface area contributed by atoms with Gasteiger partial charge in [0, 0.05) is 24.3 Å². The third-order valence-corrected chi connectivity index (χ3v) is 7.87. The van der Waals surface area contributed by atoms with Crippen LogP contribution in [-0.2, 0) is 23.0 Å². The van der Waals surface area contributed by atoms with Crippen LogP contribution in [0.25, 0.3) is 0 Å². The summed E-state index contributed by atoms with van der Waals surface area (Å²) in [5.74, 6) is -1.07. The molecule has 0 amide bonds. The molecule has 0 bridgehead atoms. The molecule has 29 heavy (non-hydrogen) atoms. The second kappa shape index (κ2) is 7.10. The number of anilines is 2. The van der Waals surface area contributed by atoms with Crippen LogP contribution >= 0.6 is 0 Å². The molecule has 4 rings (SSSR count). The van der Waals surface area contributed by atoms with Crippen LogP contribution in [0.2, 0.25) is 0 Å². The average Bonchev–Trinajstić information content (AvgIpc) is 3.03. The number of nitrogens with zero attached hydrogens (tertiary/aromatic N) is 3. The lowest BCUT2D eigenvalue weighted by atomic mass is 9.90. The maximum Gasteiger partial charge on any atom is 0.256 e. The molecule has 0 fully saturated rings. The van der Waals surface area contributed by atoms with Gasteiger partial charge in [-0.25, -0.2) is 12.8 Å². The van der Waals surface area contributed by atoms with Crippen LogP contribution in [0.5, 0.6) is 0 Å². The summed E-state index contributed by atoms with van der Waals surface area (Å²) < 4.78 is 41.3.